The first kappa shape index (κ1) is 21.0. The third-order valence-corrected chi connectivity index (χ3v) is 6.73. The van der Waals surface area contributed by atoms with Gasteiger partial charge in [0.2, 0.25) is 10.0 Å². The summed E-state index contributed by atoms with van der Waals surface area (Å²) in [5, 5.41) is 2.50. The quantitative estimate of drug-likeness (QED) is 0.681. The van der Waals surface area contributed by atoms with Crippen LogP contribution in [0, 0.1) is 5.82 Å². The van der Waals surface area contributed by atoms with Crippen LogP contribution in [0.5, 0.6) is 0 Å². The van der Waals surface area contributed by atoms with Crippen molar-refractivity contribution in [3.05, 3.63) is 57.8 Å². The summed E-state index contributed by atoms with van der Waals surface area (Å²) >= 11 is 11.8. The Morgan fingerprint density at radius 2 is 1.71 bits per heavy atom. The van der Waals surface area contributed by atoms with Crippen molar-refractivity contribution in [2.75, 3.05) is 5.32 Å². The molecule has 2 aromatic carbocycles. The van der Waals surface area contributed by atoms with Crippen molar-refractivity contribution in [2.24, 2.45) is 0 Å². The van der Waals surface area contributed by atoms with Crippen LogP contribution in [0.1, 0.15) is 42.5 Å². The Morgan fingerprint density at radius 3 is 2.39 bits per heavy atom. The van der Waals surface area contributed by atoms with Gasteiger partial charge in [-0.1, -0.05) is 42.5 Å². The molecular weight excluding hydrogens is 426 g/mol. The Balaban J connectivity index is 1.81. The summed E-state index contributed by atoms with van der Waals surface area (Å²) in [5.41, 5.74) is 0.259. The number of halogens is 3. The lowest BCUT2D eigenvalue weighted by atomic mass is 9.96. The molecule has 3 rings (SSSR count). The van der Waals surface area contributed by atoms with E-state index < -0.39 is 21.7 Å². The molecule has 1 fully saturated rings. The fourth-order valence-corrected chi connectivity index (χ4v) is 4.84. The van der Waals surface area contributed by atoms with Gasteiger partial charge in [0.05, 0.1) is 20.5 Å². The molecule has 2 N–H and O–H groups in total. The molecule has 0 saturated heterocycles. The predicted octanol–water partition coefficient (Wildman–Crippen LogP) is 5.00. The topological polar surface area (TPSA) is 75.3 Å². The van der Waals surface area contributed by atoms with Gasteiger partial charge in [-0.25, -0.2) is 17.5 Å². The van der Waals surface area contributed by atoms with E-state index in [2.05, 4.69) is 10.0 Å². The Morgan fingerprint density at radius 1 is 1.00 bits per heavy atom. The van der Waals surface area contributed by atoms with E-state index in [1.165, 1.54) is 30.3 Å². The minimum atomic E-state index is -3.78. The summed E-state index contributed by atoms with van der Waals surface area (Å²) in [7, 11) is -3.78. The van der Waals surface area contributed by atoms with Crippen LogP contribution in [-0.2, 0) is 10.0 Å². The van der Waals surface area contributed by atoms with Gasteiger partial charge in [-0.3, -0.25) is 4.79 Å². The van der Waals surface area contributed by atoms with Crippen LogP contribution in [-0.4, -0.2) is 20.4 Å². The maximum Gasteiger partial charge on any atom is 0.257 e. The number of rotatable bonds is 5. The summed E-state index contributed by atoms with van der Waals surface area (Å²) in [6, 6.07) is 7.57. The summed E-state index contributed by atoms with van der Waals surface area (Å²) in [6.07, 6.45) is 4.68. The maximum atomic E-state index is 13.3. The lowest BCUT2D eigenvalue weighted by Gasteiger charge is -2.22. The number of amides is 1. The largest absolute Gasteiger partial charge is 0.322 e. The third kappa shape index (κ3) is 5.03. The molecule has 5 nitrogen and oxygen atoms in total. The summed E-state index contributed by atoms with van der Waals surface area (Å²) in [6.45, 7) is 0. The van der Waals surface area contributed by atoms with Crippen LogP contribution in [0.25, 0.3) is 0 Å². The Labute approximate surface area is 173 Å². The van der Waals surface area contributed by atoms with Crippen molar-refractivity contribution in [3.8, 4) is 0 Å². The molecule has 0 atom stereocenters. The zero-order valence-corrected chi connectivity index (χ0v) is 17.2. The molecule has 1 aliphatic rings. The van der Waals surface area contributed by atoms with E-state index in [1.54, 1.807) is 0 Å². The highest BCUT2D eigenvalue weighted by atomic mass is 35.5. The Hall–Kier alpha value is -1.67. The second-order valence-electron chi connectivity index (χ2n) is 6.68. The number of nitrogens with one attached hydrogen (secondary N) is 2. The van der Waals surface area contributed by atoms with Gasteiger partial charge in [-0.2, -0.15) is 0 Å². The molecule has 2 aromatic rings. The summed E-state index contributed by atoms with van der Waals surface area (Å²) in [4.78, 5) is 12.5. The molecule has 0 bridgehead atoms. The highest BCUT2D eigenvalue weighted by molar-refractivity contribution is 7.89. The molecule has 0 aliphatic heterocycles. The molecule has 150 valence electrons. The van der Waals surface area contributed by atoms with Crippen molar-refractivity contribution in [3.63, 3.8) is 0 Å². The minimum absolute atomic E-state index is 0.00590. The predicted molar refractivity (Wildman–Crippen MR) is 108 cm³/mol. The Kier molecular flexibility index (Phi) is 6.60. The molecule has 0 aromatic heterocycles. The van der Waals surface area contributed by atoms with Gasteiger partial charge < -0.3 is 5.32 Å². The number of hydrogen-bond acceptors (Lipinski definition) is 3. The van der Waals surface area contributed by atoms with Gasteiger partial charge in [-0.05, 0) is 49.2 Å². The first-order valence-corrected chi connectivity index (χ1v) is 11.1. The van der Waals surface area contributed by atoms with Crippen molar-refractivity contribution in [2.45, 2.75) is 43.0 Å². The van der Waals surface area contributed by atoms with E-state index in [4.69, 9.17) is 23.2 Å². The summed E-state index contributed by atoms with van der Waals surface area (Å²) in [5.74, 6) is -1.23. The third-order valence-electron chi connectivity index (χ3n) is 4.60. The zero-order chi connectivity index (χ0) is 20.3. The molecular formula is C19H19Cl2FN2O3S. The van der Waals surface area contributed by atoms with Gasteiger partial charge in [0.1, 0.15) is 5.82 Å². The minimum Gasteiger partial charge on any atom is -0.322 e. The molecule has 1 amide bonds. The van der Waals surface area contributed by atoms with Crippen LogP contribution < -0.4 is 10.0 Å². The number of hydrogen-bond donors (Lipinski definition) is 2. The first-order valence-electron chi connectivity index (χ1n) is 8.84. The second kappa shape index (κ2) is 8.78. The molecule has 0 radical (unpaired) electrons. The smallest absolute Gasteiger partial charge is 0.257 e. The number of benzene rings is 2. The monoisotopic (exact) mass is 444 g/mol. The molecule has 1 saturated carbocycles. The van der Waals surface area contributed by atoms with Gasteiger partial charge in [-0.15, -0.1) is 0 Å². The first-order chi connectivity index (χ1) is 13.3. The molecule has 1 aliphatic carbocycles. The van der Waals surface area contributed by atoms with Crippen LogP contribution in [0.15, 0.2) is 41.3 Å². The fourth-order valence-electron chi connectivity index (χ4n) is 3.13. The van der Waals surface area contributed by atoms with Crippen LogP contribution in [0.3, 0.4) is 0 Å². The number of carbonyl (C=O) groups is 1. The maximum absolute atomic E-state index is 13.3. The molecule has 0 unspecified atom stereocenters. The molecule has 9 heteroatoms. The SMILES string of the molecule is O=C(Nc1ccc(F)c(Cl)c1)c1cc(S(=O)(=O)NC2CCCCC2)ccc1Cl. The van der Waals surface area contributed by atoms with Gasteiger partial charge in [0.15, 0.2) is 0 Å². The summed E-state index contributed by atoms with van der Waals surface area (Å²) < 4.78 is 41.3. The van der Waals surface area contributed by atoms with E-state index in [0.717, 1.165) is 38.2 Å². The van der Waals surface area contributed by atoms with Crippen molar-refractivity contribution < 1.29 is 17.6 Å². The normalized spacial score (nSPS) is 15.4. The van der Waals surface area contributed by atoms with Crippen LogP contribution in [0.4, 0.5) is 10.1 Å². The van der Waals surface area contributed by atoms with Crippen LogP contribution >= 0.6 is 23.2 Å². The Bertz CT molecular complexity index is 993. The number of carbonyl (C=O) groups excluding carboxylic acids is 1. The van der Waals surface area contributed by atoms with E-state index in [-0.39, 0.29) is 32.2 Å². The number of sulfonamides is 1. The highest BCUT2D eigenvalue weighted by Crippen LogP contribution is 2.25. The van der Waals surface area contributed by atoms with Gasteiger partial charge in [0.25, 0.3) is 5.91 Å². The van der Waals surface area contributed by atoms with Gasteiger partial charge in [0, 0.05) is 11.7 Å². The molecule has 0 heterocycles. The molecule has 0 spiro atoms. The lowest BCUT2D eigenvalue weighted by molar-refractivity contribution is 0.102. The number of anilines is 1. The second-order valence-corrected chi connectivity index (χ2v) is 9.21. The van der Waals surface area contributed by atoms with Gasteiger partial charge >= 0.3 is 0 Å². The van der Waals surface area contributed by atoms with E-state index >= 15 is 0 Å². The zero-order valence-electron chi connectivity index (χ0n) is 14.8. The van der Waals surface area contributed by atoms with E-state index in [9.17, 15) is 17.6 Å². The molecule has 28 heavy (non-hydrogen) atoms. The van der Waals surface area contributed by atoms with E-state index in [1.807, 2.05) is 0 Å². The lowest BCUT2D eigenvalue weighted by Crippen LogP contribution is -2.36. The standard InChI is InChI=1S/C19H19Cl2FN2O3S/c20-16-8-7-14(28(26,27)24-12-4-2-1-3-5-12)11-15(16)19(25)23-13-6-9-18(22)17(21)10-13/h6-12,24H,1-5H2,(H,23,25). The van der Waals surface area contributed by atoms with E-state index in [0.29, 0.717) is 0 Å². The van der Waals surface area contributed by atoms with Crippen molar-refractivity contribution in [1.82, 2.24) is 4.72 Å². The average Bonchev–Trinajstić information content (AvgIpc) is 2.65. The highest BCUT2D eigenvalue weighted by Gasteiger charge is 2.23. The average molecular weight is 445 g/mol. The fraction of sp³-hybridized carbons (Fsp3) is 0.316. The van der Waals surface area contributed by atoms with Crippen molar-refractivity contribution in [1.29, 1.82) is 0 Å². The van der Waals surface area contributed by atoms with Crippen molar-refractivity contribution >= 4 is 44.8 Å². The van der Waals surface area contributed by atoms with Crippen LogP contribution in [0.2, 0.25) is 10.0 Å².